The van der Waals surface area contributed by atoms with Crippen LogP contribution < -0.4 is 0 Å². The first-order valence-corrected chi connectivity index (χ1v) is 41.1. The van der Waals surface area contributed by atoms with Gasteiger partial charge in [0.2, 0.25) is 5.85 Å². The molecule has 3 saturated heterocycles. The van der Waals surface area contributed by atoms with Crippen LogP contribution in [0.3, 0.4) is 0 Å². The lowest BCUT2D eigenvalue weighted by Crippen LogP contribution is -2.61. The van der Waals surface area contributed by atoms with Gasteiger partial charge in [0.25, 0.3) is 83.6 Å². The van der Waals surface area contributed by atoms with Crippen molar-refractivity contribution in [2.24, 2.45) is 0 Å². The maximum Gasteiger partial charge on any atom is 0.343 e. The monoisotopic (exact) mass is 806 g/mol. The highest BCUT2D eigenvalue weighted by Gasteiger charge is 2.55. The van der Waals surface area contributed by atoms with Gasteiger partial charge in [-0.15, -0.1) is 0 Å². The summed E-state index contributed by atoms with van der Waals surface area (Å²) in [5, 5.41) is 0. The third-order valence-electron chi connectivity index (χ3n) is 6.55. The molecule has 3 aliphatic rings. The molecule has 0 aromatic carbocycles. The van der Waals surface area contributed by atoms with E-state index in [0.29, 0.717) is 0 Å². The Labute approximate surface area is 269 Å². The average Bonchev–Trinajstić information content (AvgIpc) is 2.72. The second-order valence-corrected chi connectivity index (χ2v) is 41.8. The largest absolute Gasteiger partial charge is 0.420 e. The first-order valence-electron chi connectivity index (χ1n) is 14.6. The molecule has 248 valence electrons. The first-order chi connectivity index (χ1) is 19.3. The number of rotatable bonds is 7. The summed E-state index contributed by atoms with van der Waals surface area (Å²) in [6.07, 6.45) is -0.0520. The number of hydrogen-bond donors (Lipinski definition) is 0. The summed E-state index contributed by atoms with van der Waals surface area (Å²) in [7, 11) is -27.5. The molecule has 3 heterocycles. The summed E-state index contributed by atoms with van der Waals surface area (Å²) in [6, 6.07) is -0.209. The molecule has 0 N–H and O–H groups in total. The Morgan fingerprint density at radius 2 is 0.690 bits per heavy atom. The Balaban J connectivity index is 1.91. The Hall–Kier alpha value is 2.01. The molecule has 6 unspecified atom stereocenters. The minimum absolute atomic E-state index is 0.0520. The molecule has 0 radical (unpaired) electrons. The summed E-state index contributed by atoms with van der Waals surface area (Å²) in [5.74, 6) is -2.22. The van der Waals surface area contributed by atoms with Crippen LogP contribution in [0.1, 0.15) is 0 Å². The minimum atomic E-state index is -3.18. The van der Waals surface area contributed by atoms with Gasteiger partial charge in [0.05, 0.1) is 6.23 Å². The van der Waals surface area contributed by atoms with Gasteiger partial charge in [-0.05, 0) is 78.6 Å². The van der Waals surface area contributed by atoms with Gasteiger partial charge in [-0.2, -0.15) is 0 Å². The van der Waals surface area contributed by atoms with Gasteiger partial charge in [-0.25, -0.2) is 4.39 Å². The van der Waals surface area contributed by atoms with Crippen LogP contribution in [0.15, 0.2) is 0 Å². The van der Waals surface area contributed by atoms with Crippen molar-refractivity contribution in [1.29, 1.82) is 0 Å². The first kappa shape index (κ1) is 38.5. The van der Waals surface area contributed by atoms with Gasteiger partial charge in [0.1, 0.15) is 0 Å². The van der Waals surface area contributed by atoms with Crippen LogP contribution in [0.5, 0.6) is 0 Å². The van der Waals surface area contributed by atoms with Crippen molar-refractivity contribution >= 4 is 109 Å². The average molecular weight is 808 g/mol. The number of alkyl halides is 1. The van der Waals surface area contributed by atoms with Gasteiger partial charge < -0.3 is 54.1 Å². The van der Waals surface area contributed by atoms with Gasteiger partial charge in [-0.3, -0.25) is 0 Å². The molecule has 0 amide bonds. The van der Waals surface area contributed by atoms with E-state index in [-0.39, 0.29) is 18.3 Å². The van der Waals surface area contributed by atoms with Crippen molar-refractivity contribution in [2.45, 2.75) is 96.5 Å². The van der Waals surface area contributed by atoms with E-state index < -0.39 is 115 Å². The molecule has 0 bridgehead atoms. The van der Waals surface area contributed by atoms with Gasteiger partial charge in [0.15, 0.2) is 0 Å². The molecule has 13 nitrogen and oxygen atoms in total. The van der Waals surface area contributed by atoms with Crippen molar-refractivity contribution < 1.29 is 58.5 Å². The van der Waals surface area contributed by atoms with E-state index in [1.54, 1.807) is 0 Å². The maximum atomic E-state index is 17.7. The standard InChI is InChI=1S/C16H51FO13Si12/c1-31-19-34(4)25-40(10,26-35(5)20-31)13-16(17,14-41(11)27-36(6)21-32(2)22-37(7)28-41)18-15-42(12)29-38(8)23-33(3)24-39(9)30-42/h31-39H,13-15H2,1-12H3. The van der Waals surface area contributed by atoms with Crippen LogP contribution in [-0.2, 0) is 54.1 Å². The third kappa shape index (κ3) is 12.6. The summed E-state index contributed by atoms with van der Waals surface area (Å²) in [5.41, 5.74) is 0. The lowest BCUT2D eigenvalue weighted by atomic mass is 10.4. The molecular weight excluding hydrogens is 756 g/mol. The molecule has 0 aliphatic carbocycles. The van der Waals surface area contributed by atoms with Crippen LogP contribution in [0.4, 0.5) is 4.39 Å². The number of hydrogen-bond acceptors (Lipinski definition) is 13. The summed E-state index contributed by atoms with van der Waals surface area (Å²) >= 11 is 0. The fraction of sp³-hybridized carbons (Fsp3) is 1.00. The Morgan fingerprint density at radius 1 is 0.452 bits per heavy atom. The summed E-state index contributed by atoms with van der Waals surface area (Å²) in [6.45, 7) is 23.2. The number of ether oxygens (including phenoxy) is 1. The van der Waals surface area contributed by atoms with Crippen LogP contribution in [-0.4, -0.2) is 121 Å². The van der Waals surface area contributed by atoms with Crippen LogP contribution in [0.2, 0.25) is 90.7 Å². The molecule has 0 aromatic rings. The van der Waals surface area contributed by atoms with Gasteiger partial charge >= 0.3 is 25.7 Å². The van der Waals surface area contributed by atoms with Crippen LogP contribution in [0.25, 0.3) is 0 Å². The molecule has 42 heavy (non-hydrogen) atoms. The highest BCUT2D eigenvalue weighted by atomic mass is 28.5. The van der Waals surface area contributed by atoms with E-state index in [4.69, 9.17) is 54.1 Å². The Morgan fingerprint density at radius 3 is 0.952 bits per heavy atom. The van der Waals surface area contributed by atoms with Crippen LogP contribution in [0, 0.1) is 0 Å². The molecule has 3 rings (SSSR count). The predicted octanol–water partition coefficient (Wildman–Crippen LogP) is 0.317. The van der Waals surface area contributed by atoms with E-state index in [9.17, 15) is 0 Å². The molecule has 26 heteroatoms. The fourth-order valence-corrected chi connectivity index (χ4v) is 49.5. The smallest absolute Gasteiger partial charge is 0.343 e. The fourth-order valence-electron chi connectivity index (χ4n) is 5.69. The molecule has 0 saturated carbocycles. The zero-order valence-corrected chi connectivity index (χ0v) is 40.4. The van der Waals surface area contributed by atoms with Crippen molar-refractivity contribution in [3.05, 3.63) is 0 Å². The lowest BCUT2D eigenvalue weighted by Gasteiger charge is -2.44. The van der Waals surface area contributed by atoms with Crippen molar-refractivity contribution in [3.8, 4) is 0 Å². The van der Waals surface area contributed by atoms with Crippen molar-refractivity contribution in [2.75, 3.05) is 6.23 Å². The van der Waals surface area contributed by atoms with Gasteiger partial charge in [-0.1, -0.05) is 0 Å². The highest BCUT2D eigenvalue weighted by molar-refractivity contribution is 6.83. The van der Waals surface area contributed by atoms with E-state index in [2.05, 4.69) is 0 Å². The molecule has 6 atom stereocenters. The van der Waals surface area contributed by atoms with Crippen molar-refractivity contribution in [3.63, 3.8) is 0 Å². The topological polar surface area (TPSA) is 120 Å². The van der Waals surface area contributed by atoms with E-state index in [1.807, 2.05) is 78.6 Å². The third-order valence-corrected chi connectivity index (χ3v) is 47.9. The maximum absolute atomic E-state index is 17.7. The lowest BCUT2D eigenvalue weighted by molar-refractivity contribution is -0.113. The van der Waals surface area contributed by atoms with Crippen molar-refractivity contribution in [1.82, 2.24) is 0 Å². The summed E-state index contributed by atoms with van der Waals surface area (Å²) < 4.78 is 99.1. The Kier molecular flexibility index (Phi) is 14.6. The van der Waals surface area contributed by atoms with Crippen LogP contribution >= 0.6 is 0 Å². The predicted molar refractivity (Wildman–Crippen MR) is 184 cm³/mol. The normalized spacial score (nSPS) is 48.1. The SMILES string of the molecule is C[SiH]1O[SiH](C)O[Si](C)(COC(F)(C[Si]2(C)O[SiH](C)O[SiH](C)O[SiH](C)O2)C[Si]2(C)O[SiH](C)O[SiH](C)O[SiH](C)O2)O[SiH](C)O1. The molecule has 3 fully saturated rings. The summed E-state index contributed by atoms with van der Waals surface area (Å²) in [4.78, 5) is 0. The molecule has 3 aliphatic heterocycles. The highest BCUT2D eigenvalue weighted by Crippen LogP contribution is 2.39. The second-order valence-electron chi connectivity index (χ2n) is 11.6. The molecular formula is C16H51FO13Si12. The molecule has 0 spiro atoms. The zero-order valence-electron chi connectivity index (χ0n) is 27.0. The van der Waals surface area contributed by atoms with E-state index in [1.165, 1.54) is 0 Å². The van der Waals surface area contributed by atoms with E-state index >= 15 is 4.39 Å². The molecule has 0 aromatic heterocycles. The van der Waals surface area contributed by atoms with Gasteiger partial charge in [0, 0.05) is 12.1 Å². The minimum Gasteiger partial charge on any atom is -0.420 e. The zero-order chi connectivity index (χ0) is 31.5. The van der Waals surface area contributed by atoms with E-state index in [0.717, 1.165) is 0 Å². The second kappa shape index (κ2) is 15.9. The quantitative estimate of drug-likeness (QED) is 0.329. The Bertz CT molecular complexity index is 792. The number of halogens is 1.